The van der Waals surface area contributed by atoms with Gasteiger partial charge in [0.15, 0.2) is 5.76 Å². The molecule has 1 amide bonds. The molecule has 3 heterocycles. The molecule has 21 heavy (non-hydrogen) atoms. The second kappa shape index (κ2) is 6.11. The smallest absolute Gasteiger partial charge is 0.283 e. The van der Waals surface area contributed by atoms with E-state index in [1.54, 1.807) is 18.4 Å². The van der Waals surface area contributed by atoms with Crippen molar-refractivity contribution in [1.82, 2.24) is 15.1 Å². The maximum Gasteiger partial charge on any atom is 0.283 e. The Bertz CT molecular complexity index is 583. The molecule has 3 rings (SSSR count). The number of amides is 1. The third kappa shape index (κ3) is 2.99. The molecule has 2 aromatic rings. The van der Waals surface area contributed by atoms with E-state index in [1.807, 2.05) is 11.8 Å². The van der Waals surface area contributed by atoms with Gasteiger partial charge in [-0.05, 0) is 31.4 Å². The van der Waals surface area contributed by atoms with Crippen LogP contribution in [-0.4, -0.2) is 34.1 Å². The molecule has 0 aliphatic carbocycles. The molecule has 1 aliphatic heterocycles. The normalized spacial score (nSPS) is 16.3. The third-order valence-electron chi connectivity index (χ3n) is 3.83. The molecule has 0 spiro atoms. The fourth-order valence-electron chi connectivity index (χ4n) is 2.65. The van der Waals surface area contributed by atoms with Crippen molar-refractivity contribution in [2.45, 2.75) is 38.5 Å². The highest BCUT2D eigenvalue weighted by molar-refractivity contribution is 5.76. The Balaban J connectivity index is 1.61. The van der Waals surface area contributed by atoms with Crippen molar-refractivity contribution in [2.75, 3.05) is 13.1 Å². The van der Waals surface area contributed by atoms with Gasteiger partial charge >= 0.3 is 0 Å². The van der Waals surface area contributed by atoms with E-state index < -0.39 is 0 Å². The number of hydrogen-bond acceptors (Lipinski definition) is 5. The summed E-state index contributed by atoms with van der Waals surface area (Å²) in [7, 11) is 0. The van der Waals surface area contributed by atoms with Gasteiger partial charge in [-0.3, -0.25) is 4.79 Å². The summed E-state index contributed by atoms with van der Waals surface area (Å²) in [4.78, 5) is 13.8. The van der Waals surface area contributed by atoms with Crippen LogP contribution >= 0.6 is 0 Å². The Labute approximate surface area is 123 Å². The van der Waals surface area contributed by atoms with Crippen molar-refractivity contribution in [3.8, 4) is 11.7 Å². The number of likely N-dealkylation sites (tertiary alicyclic amines) is 1. The van der Waals surface area contributed by atoms with E-state index in [-0.39, 0.29) is 11.8 Å². The van der Waals surface area contributed by atoms with E-state index in [9.17, 15) is 4.79 Å². The lowest BCUT2D eigenvalue weighted by molar-refractivity contribution is -0.132. The van der Waals surface area contributed by atoms with Crippen molar-refractivity contribution in [1.29, 1.82) is 0 Å². The first-order chi connectivity index (χ1) is 10.3. The van der Waals surface area contributed by atoms with Crippen LogP contribution < -0.4 is 0 Å². The van der Waals surface area contributed by atoms with Gasteiger partial charge in [-0.25, -0.2) is 0 Å². The fourth-order valence-corrected chi connectivity index (χ4v) is 2.65. The predicted molar refractivity (Wildman–Crippen MR) is 75.5 cm³/mol. The minimum Gasteiger partial charge on any atom is -0.459 e. The molecular weight excluding hydrogens is 270 g/mol. The minimum atomic E-state index is 0.229. The summed E-state index contributed by atoms with van der Waals surface area (Å²) < 4.78 is 10.9. The number of nitrogens with zero attached hydrogens (tertiary/aromatic N) is 3. The first-order valence-corrected chi connectivity index (χ1v) is 7.43. The molecule has 0 N–H and O–H groups in total. The molecule has 1 fully saturated rings. The van der Waals surface area contributed by atoms with Gasteiger partial charge in [-0.2, -0.15) is 0 Å². The van der Waals surface area contributed by atoms with Crippen LogP contribution in [0.1, 0.15) is 44.4 Å². The Kier molecular flexibility index (Phi) is 4.03. The molecule has 2 aromatic heterocycles. The van der Waals surface area contributed by atoms with E-state index in [0.717, 1.165) is 32.4 Å². The monoisotopic (exact) mass is 289 g/mol. The number of carbonyl (C=O) groups excluding carboxylic acids is 1. The summed E-state index contributed by atoms with van der Waals surface area (Å²) >= 11 is 0. The van der Waals surface area contributed by atoms with E-state index in [1.165, 1.54) is 0 Å². The highest BCUT2D eigenvalue weighted by atomic mass is 16.4. The lowest BCUT2D eigenvalue weighted by atomic mass is 9.96. The van der Waals surface area contributed by atoms with Gasteiger partial charge in [-0.15, -0.1) is 10.2 Å². The van der Waals surface area contributed by atoms with Crippen LogP contribution in [0.5, 0.6) is 0 Å². The Morgan fingerprint density at radius 3 is 2.86 bits per heavy atom. The summed E-state index contributed by atoms with van der Waals surface area (Å²) in [6, 6.07) is 3.58. The highest BCUT2D eigenvalue weighted by Crippen LogP contribution is 2.29. The van der Waals surface area contributed by atoms with Crippen LogP contribution in [0.15, 0.2) is 27.2 Å². The molecule has 0 bridgehead atoms. The summed E-state index contributed by atoms with van der Waals surface area (Å²) in [5.74, 6) is 2.12. The molecule has 0 atom stereocenters. The van der Waals surface area contributed by atoms with Gasteiger partial charge in [0.25, 0.3) is 5.89 Å². The highest BCUT2D eigenvalue weighted by Gasteiger charge is 2.27. The van der Waals surface area contributed by atoms with Crippen LogP contribution in [0.4, 0.5) is 0 Å². The van der Waals surface area contributed by atoms with Gasteiger partial charge in [0, 0.05) is 25.4 Å². The lowest BCUT2D eigenvalue weighted by Gasteiger charge is -2.30. The molecule has 6 heteroatoms. The molecular formula is C15H19N3O3. The summed E-state index contributed by atoms with van der Waals surface area (Å²) in [5.41, 5.74) is 0. The number of hydrogen-bond donors (Lipinski definition) is 0. The standard InChI is InChI=1S/C15H19N3O3/c1-2-4-13(19)18-8-6-11(7-9-18)14-16-17-15(21-14)12-5-3-10-20-12/h3,5,10-11H,2,4,6-9H2,1H3. The molecule has 1 saturated heterocycles. The second-order valence-electron chi connectivity index (χ2n) is 5.33. The van der Waals surface area contributed by atoms with Gasteiger partial charge in [0.05, 0.1) is 6.26 Å². The number of rotatable bonds is 4. The van der Waals surface area contributed by atoms with Crippen LogP contribution in [0.2, 0.25) is 0 Å². The molecule has 0 aromatic carbocycles. The average Bonchev–Trinajstić information content (AvgIpc) is 3.19. The fraction of sp³-hybridized carbons (Fsp3) is 0.533. The van der Waals surface area contributed by atoms with E-state index in [4.69, 9.17) is 8.83 Å². The van der Waals surface area contributed by atoms with Crippen molar-refractivity contribution in [2.24, 2.45) is 0 Å². The first-order valence-electron chi connectivity index (χ1n) is 7.43. The molecule has 112 valence electrons. The molecule has 0 unspecified atom stereocenters. The average molecular weight is 289 g/mol. The van der Waals surface area contributed by atoms with Gasteiger partial charge < -0.3 is 13.7 Å². The van der Waals surface area contributed by atoms with Gasteiger partial charge in [-0.1, -0.05) is 6.92 Å². The van der Waals surface area contributed by atoms with Gasteiger partial charge in [0.1, 0.15) is 0 Å². The van der Waals surface area contributed by atoms with Crippen LogP contribution in [0, 0.1) is 0 Å². The van der Waals surface area contributed by atoms with Crippen LogP contribution in [0.3, 0.4) is 0 Å². The second-order valence-corrected chi connectivity index (χ2v) is 5.33. The molecule has 0 radical (unpaired) electrons. The topological polar surface area (TPSA) is 72.4 Å². The summed E-state index contributed by atoms with van der Waals surface area (Å²) in [6.07, 6.45) is 4.85. The van der Waals surface area contributed by atoms with Crippen molar-refractivity contribution in [3.63, 3.8) is 0 Å². The first kappa shape index (κ1) is 13.9. The quantitative estimate of drug-likeness (QED) is 0.865. The number of carbonyl (C=O) groups is 1. The third-order valence-corrected chi connectivity index (χ3v) is 3.83. The van der Waals surface area contributed by atoms with Crippen molar-refractivity contribution < 1.29 is 13.6 Å². The van der Waals surface area contributed by atoms with E-state index in [2.05, 4.69) is 10.2 Å². The Morgan fingerprint density at radius 2 is 2.19 bits per heavy atom. The zero-order valence-corrected chi connectivity index (χ0v) is 12.1. The zero-order valence-electron chi connectivity index (χ0n) is 12.1. The molecule has 1 aliphatic rings. The van der Waals surface area contributed by atoms with E-state index >= 15 is 0 Å². The number of furan rings is 1. The van der Waals surface area contributed by atoms with Gasteiger partial charge in [0.2, 0.25) is 11.8 Å². The maximum absolute atomic E-state index is 11.9. The number of piperidine rings is 1. The predicted octanol–water partition coefficient (Wildman–Crippen LogP) is 2.84. The SMILES string of the molecule is CCCC(=O)N1CCC(c2nnc(-c3ccco3)o2)CC1. The summed E-state index contributed by atoms with van der Waals surface area (Å²) in [5, 5.41) is 8.15. The molecule has 0 saturated carbocycles. The minimum absolute atomic E-state index is 0.229. The zero-order chi connectivity index (χ0) is 14.7. The Morgan fingerprint density at radius 1 is 1.38 bits per heavy atom. The van der Waals surface area contributed by atoms with Crippen molar-refractivity contribution in [3.05, 3.63) is 24.3 Å². The maximum atomic E-state index is 11.9. The van der Waals surface area contributed by atoms with Crippen molar-refractivity contribution >= 4 is 5.91 Å². The number of aromatic nitrogens is 2. The largest absolute Gasteiger partial charge is 0.459 e. The summed E-state index contributed by atoms with van der Waals surface area (Å²) in [6.45, 7) is 3.56. The van der Waals surface area contributed by atoms with Crippen LogP contribution in [-0.2, 0) is 4.79 Å². The lowest BCUT2D eigenvalue weighted by Crippen LogP contribution is -2.37. The molecule has 6 nitrogen and oxygen atoms in total. The Hall–Kier alpha value is -2.11. The van der Waals surface area contributed by atoms with Crippen LogP contribution in [0.25, 0.3) is 11.7 Å². The van der Waals surface area contributed by atoms with E-state index in [0.29, 0.717) is 24.0 Å².